The first-order chi connectivity index (χ1) is 15.6. The number of aliphatic carboxylic acids is 1. The smallest absolute Gasteiger partial charge is 0.323 e. The highest BCUT2D eigenvalue weighted by Crippen LogP contribution is 2.29. The van der Waals surface area contributed by atoms with Crippen molar-refractivity contribution >= 4 is 40.2 Å². The Bertz CT molecular complexity index is 1310. The maximum Gasteiger partial charge on any atom is 0.323 e. The Morgan fingerprint density at radius 1 is 0.906 bits per heavy atom. The summed E-state index contributed by atoms with van der Waals surface area (Å²) in [5.74, 6) is -1.45. The Kier molecular flexibility index (Phi) is 5.82. The van der Waals surface area contributed by atoms with E-state index < -0.39 is 11.9 Å². The normalized spacial score (nSPS) is 11.2. The molecule has 0 aliphatic heterocycles. The highest BCUT2D eigenvalue weighted by Gasteiger charge is 2.22. The fourth-order valence-electron chi connectivity index (χ4n) is 3.62. The van der Waals surface area contributed by atoms with Gasteiger partial charge in [0, 0.05) is 34.0 Å². The largest absolute Gasteiger partial charge is 0.480 e. The lowest BCUT2D eigenvalue weighted by Crippen LogP contribution is -2.27. The number of nitrogens with zero attached hydrogens (tertiary/aromatic N) is 3. The van der Waals surface area contributed by atoms with E-state index in [1.165, 1.54) is 11.0 Å². The van der Waals surface area contributed by atoms with Crippen molar-refractivity contribution in [1.82, 2.24) is 4.57 Å². The molecular weight excluding hydrogens is 402 g/mol. The van der Waals surface area contributed by atoms with Crippen molar-refractivity contribution in [2.75, 3.05) is 4.90 Å². The van der Waals surface area contributed by atoms with Crippen molar-refractivity contribution in [2.45, 2.75) is 6.54 Å². The van der Waals surface area contributed by atoms with Gasteiger partial charge in [0.15, 0.2) is 0 Å². The second-order valence-electron chi connectivity index (χ2n) is 7.10. The van der Waals surface area contributed by atoms with Crippen LogP contribution in [0.15, 0.2) is 96.7 Å². The summed E-state index contributed by atoms with van der Waals surface area (Å²) in [5.41, 5.74) is 2.54. The van der Waals surface area contributed by atoms with Crippen LogP contribution in [0.5, 0.6) is 0 Å². The first kappa shape index (κ1) is 20.6. The van der Waals surface area contributed by atoms with Gasteiger partial charge in [-0.2, -0.15) is 5.26 Å². The molecule has 6 nitrogen and oxygen atoms in total. The fourth-order valence-corrected chi connectivity index (χ4v) is 3.62. The molecule has 6 heteroatoms. The van der Waals surface area contributed by atoms with Gasteiger partial charge in [-0.3, -0.25) is 14.5 Å². The number of carboxylic acids is 1. The Labute approximate surface area is 184 Å². The van der Waals surface area contributed by atoms with E-state index in [9.17, 15) is 20.0 Å². The number of carbonyl (C=O) groups is 2. The van der Waals surface area contributed by atoms with E-state index in [-0.39, 0.29) is 12.1 Å². The molecule has 0 atom stereocenters. The van der Waals surface area contributed by atoms with Crippen LogP contribution in [0.2, 0.25) is 0 Å². The Balaban J connectivity index is 1.82. The lowest BCUT2D eigenvalue weighted by molar-refractivity contribution is -0.137. The molecule has 1 N–H and O–H groups in total. The van der Waals surface area contributed by atoms with Crippen molar-refractivity contribution in [2.24, 2.45) is 0 Å². The zero-order valence-corrected chi connectivity index (χ0v) is 17.1. The Morgan fingerprint density at radius 3 is 2.03 bits per heavy atom. The van der Waals surface area contributed by atoms with Crippen molar-refractivity contribution in [3.63, 3.8) is 0 Å². The zero-order valence-electron chi connectivity index (χ0n) is 17.1. The van der Waals surface area contributed by atoms with Crippen LogP contribution in [-0.2, 0) is 16.1 Å². The van der Waals surface area contributed by atoms with E-state index in [1.54, 1.807) is 35.0 Å². The molecule has 1 aromatic heterocycles. The molecule has 0 radical (unpaired) electrons. The predicted molar refractivity (Wildman–Crippen MR) is 123 cm³/mol. The van der Waals surface area contributed by atoms with Gasteiger partial charge in [0.1, 0.15) is 18.2 Å². The molecule has 0 aliphatic carbocycles. The van der Waals surface area contributed by atoms with E-state index in [1.807, 2.05) is 66.7 Å². The first-order valence-electron chi connectivity index (χ1n) is 9.94. The molecule has 0 bridgehead atoms. The van der Waals surface area contributed by atoms with Gasteiger partial charge < -0.3 is 9.67 Å². The lowest BCUT2D eigenvalue weighted by Gasteiger charge is -2.22. The molecule has 0 aliphatic rings. The second kappa shape index (κ2) is 9.02. The fraction of sp³-hybridized carbons (Fsp3) is 0.0385. The van der Waals surface area contributed by atoms with Crippen LogP contribution in [0.25, 0.3) is 17.0 Å². The van der Waals surface area contributed by atoms with Gasteiger partial charge >= 0.3 is 5.97 Å². The number of para-hydroxylation sites is 3. The van der Waals surface area contributed by atoms with Gasteiger partial charge in [-0.15, -0.1) is 0 Å². The number of rotatable bonds is 6. The maximum absolute atomic E-state index is 13.5. The third-order valence-corrected chi connectivity index (χ3v) is 5.01. The molecule has 32 heavy (non-hydrogen) atoms. The van der Waals surface area contributed by atoms with E-state index in [2.05, 4.69) is 0 Å². The number of hydrogen-bond donors (Lipinski definition) is 1. The summed E-state index contributed by atoms with van der Waals surface area (Å²) in [6.45, 7) is -0.218. The number of hydrogen-bond acceptors (Lipinski definition) is 3. The van der Waals surface area contributed by atoms with Gasteiger partial charge in [0.2, 0.25) is 0 Å². The number of nitriles is 1. The molecule has 3 aromatic carbocycles. The second-order valence-corrected chi connectivity index (χ2v) is 7.10. The molecule has 0 saturated carbocycles. The Morgan fingerprint density at radius 2 is 1.47 bits per heavy atom. The minimum atomic E-state index is -0.975. The van der Waals surface area contributed by atoms with E-state index in [4.69, 9.17) is 0 Å². The van der Waals surface area contributed by atoms with Gasteiger partial charge in [-0.05, 0) is 36.4 Å². The van der Waals surface area contributed by atoms with Crippen LogP contribution in [0.1, 0.15) is 5.56 Å². The molecule has 156 valence electrons. The van der Waals surface area contributed by atoms with Gasteiger partial charge in [-0.1, -0.05) is 54.6 Å². The summed E-state index contributed by atoms with van der Waals surface area (Å²) in [6.07, 6.45) is 3.17. The van der Waals surface area contributed by atoms with Gasteiger partial charge in [0.25, 0.3) is 5.91 Å². The molecule has 0 unspecified atom stereocenters. The minimum Gasteiger partial charge on any atom is -0.480 e. The molecule has 0 spiro atoms. The minimum absolute atomic E-state index is 0.0593. The van der Waals surface area contributed by atoms with Crippen molar-refractivity contribution in [3.8, 4) is 6.07 Å². The van der Waals surface area contributed by atoms with Crippen LogP contribution in [0.4, 0.5) is 11.4 Å². The summed E-state index contributed by atoms with van der Waals surface area (Å²) in [7, 11) is 0. The summed E-state index contributed by atoms with van der Waals surface area (Å²) < 4.78 is 1.59. The zero-order chi connectivity index (χ0) is 22.5. The molecule has 1 heterocycles. The summed E-state index contributed by atoms with van der Waals surface area (Å²) >= 11 is 0. The van der Waals surface area contributed by atoms with Crippen LogP contribution < -0.4 is 4.90 Å². The summed E-state index contributed by atoms with van der Waals surface area (Å²) in [4.78, 5) is 26.3. The standard InChI is InChI=1S/C26H19N3O3/c27-16-19(15-20-17-28(18-25(30)31)24-14-8-7-13-23(20)24)26(32)29(21-9-3-1-4-10-21)22-11-5-2-6-12-22/h1-15,17H,18H2,(H,30,31)/b19-15+. The average Bonchev–Trinajstić information content (AvgIpc) is 3.15. The van der Waals surface area contributed by atoms with E-state index in [0.717, 1.165) is 5.39 Å². The quantitative estimate of drug-likeness (QED) is 0.351. The summed E-state index contributed by atoms with van der Waals surface area (Å²) in [5, 5.41) is 19.8. The highest BCUT2D eigenvalue weighted by atomic mass is 16.4. The predicted octanol–water partition coefficient (Wildman–Crippen LogP) is 5.00. The van der Waals surface area contributed by atoms with Crippen molar-refractivity contribution < 1.29 is 14.7 Å². The Hall–Kier alpha value is -4.63. The maximum atomic E-state index is 13.5. The van der Waals surface area contributed by atoms with E-state index >= 15 is 0 Å². The van der Waals surface area contributed by atoms with Crippen molar-refractivity contribution in [3.05, 3.63) is 102 Å². The molecule has 4 aromatic rings. The first-order valence-corrected chi connectivity index (χ1v) is 9.94. The number of fused-ring (bicyclic) bond motifs is 1. The SMILES string of the molecule is N#C/C(=C\c1cn(CC(=O)O)c2ccccc12)C(=O)N(c1ccccc1)c1ccccc1. The third kappa shape index (κ3) is 4.13. The number of benzene rings is 3. The topological polar surface area (TPSA) is 86.3 Å². The third-order valence-electron chi connectivity index (χ3n) is 5.01. The van der Waals surface area contributed by atoms with Crippen molar-refractivity contribution in [1.29, 1.82) is 5.26 Å². The van der Waals surface area contributed by atoms with Gasteiger partial charge in [-0.25, -0.2) is 0 Å². The van der Waals surface area contributed by atoms with E-state index in [0.29, 0.717) is 22.5 Å². The number of carbonyl (C=O) groups excluding carboxylic acids is 1. The molecule has 1 amide bonds. The van der Waals surface area contributed by atoms with Crippen LogP contribution in [-0.4, -0.2) is 21.6 Å². The number of amides is 1. The van der Waals surface area contributed by atoms with Crippen LogP contribution >= 0.6 is 0 Å². The number of anilines is 2. The average molecular weight is 421 g/mol. The molecular formula is C26H19N3O3. The number of carboxylic acid groups (broad SMARTS) is 1. The van der Waals surface area contributed by atoms with Crippen LogP contribution in [0.3, 0.4) is 0 Å². The monoisotopic (exact) mass is 421 g/mol. The van der Waals surface area contributed by atoms with Crippen LogP contribution in [0, 0.1) is 11.3 Å². The lowest BCUT2D eigenvalue weighted by atomic mass is 10.1. The molecule has 0 saturated heterocycles. The number of aromatic nitrogens is 1. The molecule has 4 rings (SSSR count). The van der Waals surface area contributed by atoms with Gasteiger partial charge in [0.05, 0.1) is 0 Å². The summed E-state index contributed by atoms with van der Waals surface area (Å²) in [6, 6.07) is 27.6. The molecule has 0 fully saturated rings. The highest BCUT2D eigenvalue weighted by molar-refractivity contribution is 6.15.